The molecule has 1 aliphatic heterocycles. The van der Waals surface area contributed by atoms with Gasteiger partial charge in [-0.15, -0.1) is 0 Å². The molecule has 0 saturated carbocycles. The molecule has 2 rings (SSSR count). The van der Waals surface area contributed by atoms with Gasteiger partial charge in [0.2, 0.25) is 0 Å². The van der Waals surface area contributed by atoms with Gasteiger partial charge in [0.15, 0.2) is 0 Å². The van der Waals surface area contributed by atoms with Crippen LogP contribution in [0, 0.1) is 0 Å². The van der Waals surface area contributed by atoms with Crippen LogP contribution >= 0.6 is 0 Å². The maximum Gasteiger partial charge on any atom is 0.254 e. The van der Waals surface area contributed by atoms with Crippen LogP contribution in [0.4, 0.5) is 0 Å². The SMILES string of the molecule is COC(C)(C)C(=O)N1CCOC[C@@](O)(COc2ccccc2)C1. The molecule has 1 saturated heterocycles. The van der Waals surface area contributed by atoms with Gasteiger partial charge in [0, 0.05) is 13.7 Å². The molecule has 6 nitrogen and oxygen atoms in total. The Kier molecular flexibility index (Phi) is 5.62. The Labute approximate surface area is 136 Å². The van der Waals surface area contributed by atoms with Gasteiger partial charge in [-0.3, -0.25) is 4.79 Å². The summed E-state index contributed by atoms with van der Waals surface area (Å²) in [5, 5.41) is 10.8. The first-order chi connectivity index (χ1) is 10.9. The molecule has 0 bridgehead atoms. The number of hydrogen-bond acceptors (Lipinski definition) is 5. The van der Waals surface area contributed by atoms with Crippen molar-refractivity contribution >= 4 is 5.91 Å². The lowest BCUT2D eigenvalue weighted by atomic mass is 10.0. The zero-order valence-electron chi connectivity index (χ0n) is 13.9. The van der Waals surface area contributed by atoms with E-state index >= 15 is 0 Å². The molecule has 1 heterocycles. The van der Waals surface area contributed by atoms with Crippen LogP contribution in [-0.4, -0.2) is 67.1 Å². The zero-order valence-corrected chi connectivity index (χ0v) is 13.9. The number of benzene rings is 1. The molecule has 1 atom stereocenters. The third kappa shape index (κ3) is 4.67. The van der Waals surface area contributed by atoms with Crippen LogP contribution in [0.25, 0.3) is 0 Å². The summed E-state index contributed by atoms with van der Waals surface area (Å²) in [4.78, 5) is 14.1. The highest BCUT2D eigenvalue weighted by molar-refractivity contribution is 5.84. The van der Waals surface area contributed by atoms with Crippen molar-refractivity contribution in [2.75, 3.05) is 40.0 Å². The van der Waals surface area contributed by atoms with Gasteiger partial charge in [0.05, 0.1) is 19.8 Å². The van der Waals surface area contributed by atoms with Crippen molar-refractivity contribution in [3.8, 4) is 5.75 Å². The molecule has 0 radical (unpaired) electrons. The van der Waals surface area contributed by atoms with Gasteiger partial charge in [-0.05, 0) is 26.0 Å². The highest BCUT2D eigenvalue weighted by Gasteiger charge is 2.39. The summed E-state index contributed by atoms with van der Waals surface area (Å²) >= 11 is 0. The molecular weight excluding hydrogens is 298 g/mol. The molecule has 0 spiro atoms. The minimum Gasteiger partial charge on any atom is -0.490 e. The fraction of sp³-hybridized carbons (Fsp3) is 0.588. The fourth-order valence-corrected chi connectivity index (χ4v) is 2.38. The molecule has 6 heteroatoms. The number of nitrogens with zero attached hydrogens (tertiary/aromatic N) is 1. The number of para-hydroxylation sites is 1. The van der Waals surface area contributed by atoms with Crippen LogP contribution in [0.2, 0.25) is 0 Å². The number of β-amino-alcohol motifs (C(OH)–C–C–N with tert-alkyl or cyclic N) is 1. The van der Waals surface area contributed by atoms with E-state index in [1.54, 1.807) is 18.7 Å². The average Bonchev–Trinajstić information content (AvgIpc) is 2.75. The molecule has 128 valence electrons. The largest absolute Gasteiger partial charge is 0.490 e. The fourth-order valence-electron chi connectivity index (χ4n) is 2.38. The third-order valence-corrected chi connectivity index (χ3v) is 3.92. The second-order valence-corrected chi connectivity index (χ2v) is 6.32. The molecule has 1 aromatic carbocycles. The molecule has 1 aromatic rings. The molecule has 1 N–H and O–H groups in total. The molecule has 1 fully saturated rings. The summed E-state index contributed by atoms with van der Waals surface area (Å²) in [6.07, 6.45) is 0. The van der Waals surface area contributed by atoms with E-state index in [9.17, 15) is 9.90 Å². The van der Waals surface area contributed by atoms with Crippen molar-refractivity contribution in [2.24, 2.45) is 0 Å². The van der Waals surface area contributed by atoms with Crippen LogP contribution in [0.5, 0.6) is 5.75 Å². The highest BCUT2D eigenvalue weighted by atomic mass is 16.5. The minimum atomic E-state index is -1.26. The predicted molar refractivity (Wildman–Crippen MR) is 85.4 cm³/mol. The first-order valence-corrected chi connectivity index (χ1v) is 7.69. The van der Waals surface area contributed by atoms with Crippen molar-refractivity contribution in [1.82, 2.24) is 4.90 Å². The van der Waals surface area contributed by atoms with E-state index in [1.165, 1.54) is 7.11 Å². The molecule has 0 unspecified atom stereocenters. The molecule has 0 aliphatic carbocycles. The number of amides is 1. The number of carbonyl (C=O) groups excluding carboxylic acids is 1. The molecular formula is C17H25NO5. The van der Waals surface area contributed by atoms with Crippen LogP contribution in [0.3, 0.4) is 0 Å². The van der Waals surface area contributed by atoms with E-state index in [0.717, 1.165) is 0 Å². The Bertz CT molecular complexity index is 519. The lowest BCUT2D eigenvalue weighted by molar-refractivity contribution is -0.154. The van der Waals surface area contributed by atoms with Crippen LogP contribution in [0.15, 0.2) is 30.3 Å². The van der Waals surface area contributed by atoms with Crippen LogP contribution in [0.1, 0.15) is 13.8 Å². The van der Waals surface area contributed by atoms with Crippen molar-refractivity contribution in [2.45, 2.75) is 25.0 Å². The number of aliphatic hydroxyl groups is 1. The highest BCUT2D eigenvalue weighted by Crippen LogP contribution is 2.20. The smallest absolute Gasteiger partial charge is 0.254 e. The monoisotopic (exact) mass is 323 g/mol. The maximum atomic E-state index is 12.6. The first-order valence-electron chi connectivity index (χ1n) is 7.69. The van der Waals surface area contributed by atoms with Crippen molar-refractivity contribution in [1.29, 1.82) is 0 Å². The quantitative estimate of drug-likeness (QED) is 0.878. The standard InChI is InChI=1S/C17H25NO5/c1-16(2,21-3)15(19)18-9-10-22-12-17(20,11-18)13-23-14-7-5-4-6-8-14/h4-8,20H,9-13H2,1-3H3/t17-/m1/s1. The second kappa shape index (κ2) is 7.29. The Balaban J connectivity index is 2.04. The van der Waals surface area contributed by atoms with E-state index in [0.29, 0.717) is 18.9 Å². The Hall–Kier alpha value is -1.63. The predicted octanol–water partition coefficient (Wildman–Crippen LogP) is 1.08. The molecule has 23 heavy (non-hydrogen) atoms. The number of hydrogen-bond donors (Lipinski definition) is 1. The summed E-state index contributed by atoms with van der Waals surface area (Å²) in [6, 6.07) is 9.25. The van der Waals surface area contributed by atoms with Crippen molar-refractivity contribution < 1.29 is 24.1 Å². The number of rotatable bonds is 5. The number of methoxy groups -OCH3 is 1. The Morgan fingerprint density at radius 1 is 1.39 bits per heavy atom. The zero-order chi connectivity index (χ0) is 16.9. The van der Waals surface area contributed by atoms with E-state index in [4.69, 9.17) is 14.2 Å². The molecule has 1 aliphatic rings. The minimum absolute atomic E-state index is 0.0498. The number of carbonyl (C=O) groups is 1. The maximum absolute atomic E-state index is 12.6. The van der Waals surface area contributed by atoms with Crippen LogP contribution < -0.4 is 4.74 Å². The lowest BCUT2D eigenvalue weighted by Crippen LogP contribution is -2.54. The summed E-state index contributed by atoms with van der Waals surface area (Å²) in [7, 11) is 1.50. The van der Waals surface area contributed by atoms with Gasteiger partial charge in [-0.25, -0.2) is 0 Å². The first kappa shape index (κ1) is 17.7. The van der Waals surface area contributed by atoms with Gasteiger partial charge in [-0.1, -0.05) is 18.2 Å². The van der Waals surface area contributed by atoms with Gasteiger partial charge in [0.25, 0.3) is 5.91 Å². The van der Waals surface area contributed by atoms with E-state index in [1.807, 2.05) is 30.3 Å². The normalized spacial score (nSPS) is 22.5. The summed E-state index contributed by atoms with van der Waals surface area (Å²) in [5.74, 6) is 0.490. The summed E-state index contributed by atoms with van der Waals surface area (Å²) < 4.78 is 16.4. The summed E-state index contributed by atoms with van der Waals surface area (Å²) in [6.45, 7) is 4.52. The Morgan fingerprint density at radius 2 is 2.09 bits per heavy atom. The molecule has 0 aromatic heterocycles. The van der Waals surface area contributed by atoms with E-state index in [-0.39, 0.29) is 25.7 Å². The van der Waals surface area contributed by atoms with Gasteiger partial charge >= 0.3 is 0 Å². The van der Waals surface area contributed by atoms with Gasteiger partial charge < -0.3 is 24.2 Å². The van der Waals surface area contributed by atoms with Crippen LogP contribution in [-0.2, 0) is 14.3 Å². The average molecular weight is 323 g/mol. The second-order valence-electron chi connectivity index (χ2n) is 6.32. The van der Waals surface area contributed by atoms with Crippen molar-refractivity contribution in [3.63, 3.8) is 0 Å². The van der Waals surface area contributed by atoms with Gasteiger partial charge in [-0.2, -0.15) is 0 Å². The third-order valence-electron chi connectivity index (χ3n) is 3.92. The summed E-state index contributed by atoms with van der Waals surface area (Å²) in [5.41, 5.74) is -2.20. The number of ether oxygens (including phenoxy) is 3. The lowest BCUT2D eigenvalue weighted by Gasteiger charge is -2.34. The Morgan fingerprint density at radius 3 is 2.74 bits per heavy atom. The van der Waals surface area contributed by atoms with E-state index in [2.05, 4.69) is 0 Å². The molecule has 1 amide bonds. The van der Waals surface area contributed by atoms with Crippen molar-refractivity contribution in [3.05, 3.63) is 30.3 Å². The van der Waals surface area contributed by atoms with Gasteiger partial charge in [0.1, 0.15) is 23.6 Å². The van der Waals surface area contributed by atoms with E-state index < -0.39 is 11.2 Å². The topological polar surface area (TPSA) is 68.2 Å².